The van der Waals surface area contributed by atoms with Gasteiger partial charge in [0.1, 0.15) is 12.4 Å². The molecule has 39 heavy (non-hydrogen) atoms. The molecule has 6 nitrogen and oxygen atoms in total. The average molecular weight is 548 g/mol. The van der Waals surface area contributed by atoms with E-state index in [0.717, 1.165) is 84.1 Å². The lowest BCUT2D eigenvalue weighted by molar-refractivity contribution is -0.130. The first-order chi connectivity index (χ1) is 18.7. The summed E-state index contributed by atoms with van der Waals surface area (Å²) in [6, 6.07) is 10.2. The summed E-state index contributed by atoms with van der Waals surface area (Å²) in [5.41, 5.74) is 5.22. The first-order valence-corrected chi connectivity index (χ1v) is 14.2. The number of amides is 1. The van der Waals surface area contributed by atoms with Crippen LogP contribution in [-0.2, 0) is 17.0 Å². The van der Waals surface area contributed by atoms with Gasteiger partial charge < -0.3 is 19.6 Å². The van der Waals surface area contributed by atoms with Crippen molar-refractivity contribution in [2.45, 2.75) is 64.7 Å². The zero-order chi connectivity index (χ0) is 27.6. The van der Waals surface area contributed by atoms with Gasteiger partial charge in [-0.25, -0.2) is 0 Å². The molecule has 1 aliphatic carbocycles. The van der Waals surface area contributed by atoms with Crippen LogP contribution in [-0.4, -0.2) is 58.0 Å². The molecule has 3 heterocycles. The lowest BCUT2D eigenvalue weighted by Gasteiger charge is -2.30. The van der Waals surface area contributed by atoms with Crippen LogP contribution in [0, 0.1) is 0 Å². The summed E-state index contributed by atoms with van der Waals surface area (Å²) in [7, 11) is 0. The molecule has 1 N–H and O–H groups in total. The molecule has 206 valence electrons. The van der Waals surface area contributed by atoms with Crippen molar-refractivity contribution in [1.29, 1.82) is 0 Å². The number of benzene rings is 1. The Morgan fingerprint density at radius 2 is 2.10 bits per heavy atom. The van der Waals surface area contributed by atoms with Crippen molar-refractivity contribution in [2.75, 3.05) is 26.2 Å². The monoisotopic (exact) mass is 547 g/mol. The highest BCUT2D eigenvalue weighted by Crippen LogP contribution is 2.38. The summed E-state index contributed by atoms with van der Waals surface area (Å²) < 4.78 is 6.14. The van der Waals surface area contributed by atoms with E-state index in [-0.39, 0.29) is 11.9 Å². The van der Waals surface area contributed by atoms with Crippen LogP contribution < -0.4 is 4.74 Å². The van der Waals surface area contributed by atoms with Crippen LogP contribution in [0.5, 0.6) is 5.75 Å². The minimum atomic E-state index is -0.951. The number of hydrogen-bond acceptors (Lipinski definition) is 5. The van der Waals surface area contributed by atoms with Gasteiger partial charge in [-0.2, -0.15) is 0 Å². The molecule has 1 amide bonds. The SMILES string of the molecule is CC(=O)N(CC1=CC=C(Cl)CC1)[C@H]1CCN(CC/C=C2/c3cc(C(C)(C)O)ccc3OCc3ncccc32)C1. The smallest absolute Gasteiger partial charge is 0.220 e. The fourth-order valence-electron chi connectivity index (χ4n) is 5.72. The number of halogens is 1. The molecule has 0 spiro atoms. The summed E-state index contributed by atoms with van der Waals surface area (Å²) in [6.45, 7) is 9.14. The van der Waals surface area contributed by atoms with Crippen LogP contribution >= 0.6 is 11.6 Å². The quantitative estimate of drug-likeness (QED) is 0.475. The summed E-state index contributed by atoms with van der Waals surface area (Å²) in [5.74, 6) is 0.936. The molecule has 5 rings (SSSR count). The van der Waals surface area contributed by atoms with Gasteiger partial charge in [0.05, 0.1) is 11.3 Å². The number of carbonyl (C=O) groups is 1. The Morgan fingerprint density at radius 1 is 1.26 bits per heavy atom. The highest BCUT2D eigenvalue weighted by atomic mass is 35.5. The molecule has 0 saturated carbocycles. The van der Waals surface area contributed by atoms with Gasteiger partial charge in [0, 0.05) is 61.5 Å². The average Bonchev–Trinajstić information content (AvgIpc) is 3.31. The second-order valence-corrected chi connectivity index (χ2v) is 11.8. The molecule has 1 fully saturated rings. The zero-order valence-electron chi connectivity index (χ0n) is 23.1. The summed E-state index contributed by atoms with van der Waals surface area (Å²) in [4.78, 5) is 21.6. The van der Waals surface area contributed by atoms with Crippen molar-refractivity contribution in [1.82, 2.24) is 14.8 Å². The molecule has 0 radical (unpaired) electrons. The molecule has 0 unspecified atom stereocenters. The lowest BCUT2D eigenvalue weighted by atomic mass is 9.90. The van der Waals surface area contributed by atoms with E-state index in [0.29, 0.717) is 13.2 Å². The van der Waals surface area contributed by atoms with Crippen LogP contribution in [0.3, 0.4) is 0 Å². The zero-order valence-corrected chi connectivity index (χ0v) is 23.9. The highest BCUT2D eigenvalue weighted by molar-refractivity contribution is 6.29. The number of likely N-dealkylation sites (tertiary alicyclic amines) is 1. The van der Waals surface area contributed by atoms with Gasteiger partial charge in [0.2, 0.25) is 5.91 Å². The molecular weight excluding hydrogens is 510 g/mol. The second kappa shape index (κ2) is 11.7. The maximum atomic E-state index is 12.6. The topological polar surface area (TPSA) is 65.9 Å². The Hall–Kier alpha value is -2.93. The van der Waals surface area contributed by atoms with Crippen LogP contribution in [0.2, 0.25) is 0 Å². The Bertz CT molecular complexity index is 1320. The first kappa shape index (κ1) is 27.6. The molecule has 2 aliphatic heterocycles. The standard InChI is InChI=1S/C32H38ClN3O3/c1-22(37)36(19-23-8-11-25(33)12-9-23)26-14-17-35(20-26)16-5-7-27-28-6-4-15-34-30(28)21-39-31-13-10-24(18-29(27)31)32(2,3)38/h4,6-8,10-11,13,15,18,26,38H,5,9,12,14,16-17,19-21H2,1-3H3/b27-7+/t26-/m0/s1. The summed E-state index contributed by atoms with van der Waals surface area (Å²) in [5, 5.41) is 11.5. The Kier molecular flexibility index (Phi) is 8.27. The van der Waals surface area contributed by atoms with Gasteiger partial charge >= 0.3 is 0 Å². The molecule has 1 aromatic heterocycles. The summed E-state index contributed by atoms with van der Waals surface area (Å²) >= 11 is 6.13. The largest absolute Gasteiger partial charge is 0.487 e. The van der Waals surface area contributed by atoms with Gasteiger partial charge in [-0.1, -0.05) is 41.5 Å². The number of aromatic nitrogens is 1. The maximum absolute atomic E-state index is 12.6. The number of carbonyl (C=O) groups excluding carboxylic acids is 1. The van der Waals surface area contributed by atoms with Gasteiger partial charge in [-0.3, -0.25) is 9.78 Å². The first-order valence-electron chi connectivity index (χ1n) is 13.9. The van der Waals surface area contributed by atoms with E-state index in [1.807, 2.05) is 35.2 Å². The molecule has 0 bridgehead atoms. The third-order valence-electron chi connectivity index (χ3n) is 7.97. The van der Waals surface area contributed by atoms with E-state index in [1.54, 1.807) is 27.0 Å². The number of rotatable bonds is 7. The number of aliphatic hydroxyl groups is 1. The Labute approximate surface area is 236 Å². The third kappa shape index (κ3) is 6.46. The summed E-state index contributed by atoms with van der Waals surface area (Å²) in [6.07, 6.45) is 11.7. The van der Waals surface area contributed by atoms with Crippen molar-refractivity contribution < 1.29 is 14.6 Å². The minimum Gasteiger partial charge on any atom is -0.487 e. The number of ether oxygens (including phenoxy) is 1. The van der Waals surface area contributed by atoms with E-state index in [1.165, 1.54) is 5.57 Å². The van der Waals surface area contributed by atoms with Crippen molar-refractivity contribution in [3.63, 3.8) is 0 Å². The van der Waals surface area contributed by atoms with E-state index in [2.05, 4.69) is 28.1 Å². The Balaban J connectivity index is 1.31. The molecule has 2 aromatic rings. The molecular formula is C32H38ClN3O3. The molecule has 3 aliphatic rings. The number of nitrogens with zero attached hydrogens (tertiary/aromatic N) is 3. The molecule has 1 saturated heterocycles. The molecule has 1 atom stereocenters. The van der Waals surface area contributed by atoms with Gasteiger partial charge in [0.25, 0.3) is 0 Å². The number of hydrogen-bond donors (Lipinski definition) is 1. The minimum absolute atomic E-state index is 0.132. The van der Waals surface area contributed by atoms with Crippen LogP contribution in [0.25, 0.3) is 5.57 Å². The highest BCUT2D eigenvalue weighted by Gasteiger charge is 2.30. The normalized spacial score (nSPS) is 20.4. The van der Waals surface area contributed by atoms with Crippen molar-refractivity contribution in [3.05, 3.63) is 87.7 Å². The van der Waals surface area contributed by atoms with Crippen LogP contribution in [0.15, 0.2) is 65.4 Å². The van der Waals surface area contributed by atoms with E-state index >= 15 is 0 Å². The number of allylic oxidation sites excluding steroid dienone is 3. The van der Waals surface area contributed by atoms with E-state index in [4.69, 9.17) is 16.3 Å². The predicted octanol–water partition coefficient (Wildman–Crippen LogP) is 5.79. The second-order valence-electron chi connectivity index (χ2n) is 11.3. The van der Waals surface area contributed by atoms with Gasteiger partial charge in [-0.05, 0) is 74.9 Å². The molecule has 7 heteroatoms. The van der Waals surface area contributed by atoms with Gasteiger partial charge in [-0.15, -0.1) is 0 Å². The van der Waals surface area contributed by atoms with E-state index in [9.17, 15) is 9.90 Å². The fourth-order valence-corrected chi connectivity index (χ4v) is 5.88. The Morgan fingerprint density at radius 3 is 2.85 bits per heavy atom. The maximum Gasteiger partial charge on any atom is 0.220 e. The van der Waals surface area contributed by atoms with Crippen molar-refractivity contribution in [2.24, 2.45) is 0 Å². The van der Waals surface area contributed by atoms with Crippen molar-refractivity contribution in [3.8, 4) is 5.75 Å². The number of pyridine rings is 1. The predicted molar refractivity (Wildman–Crippen MR) is 155 cm³/mol. The van der Waals surface area contributed by atoms with E-state index < -0.39 is 5.60 Å². The van der Waals surface area contributed by atoms with Crippen LogP contribution in [0.4, 0.5) is 0 Å². The molecule has 1 aromatic carbocycles. The fraction of sp³-hybridized carbons (Fsp3) is 0.438. The van der Waals surface area contributed by atoms with Crippen LogP contribution in [0.1, 0.15) is 68.8 Å². The van der Waals surface area contributed by atoms with Gasteiger partial charge in [0.15, 0.2) is 0 Å². The van der Waals surface area contributed by atoms with Crippen molar-refractivity contribution >= 4 is 23.1 Å². The lowest BCUT2D eigenvalue weighted by Crippen LogP contribution is -2.42. The number of fused-ring (bicyclic) bond motifs is 2. The third-order valence-corrected chi connectivity index (χ3v) is 8.28.